The number of phenolic OH excluding ortho intramolecular Hbond substituents is 1. The summed E-state index contributed by atoms with van der Waals surface area (Å²) in [5.41, 5.74) is 3.39. The van der Waals surface area contributed by atoms with Crippen LogP contribution in [-0.2, 0) is 0 Å². The quantitative estimate of drug-likeness (QED) is 0.449. The third-order valence-electron chi connectivity index (χ3n) is 1.88. The number of aromatic hydroxyl groups is 1. The van der Waals surface area contributed by atoms with Gasteiger partial charge in [0.1, 0.15) is 0 Å². The number of ether oxygens (including phenoxy) is 1. The van der Waals surface area contributed by atoms with Crippen LogP contribution in [0.4, 0.5) is 0 Å². The number of nitrogens with zero attached hydrogens (tertiary/aromatic N) is 1. The van der Waals surface area contributed by atoms with Gasteiger partial charge < -0.3 is 15.2 Å². The Morgan fingerprint density at radius 3 is 2.88 bits per heavy atom. The minimum absolute atomic E-state index is 0.0587. The zero-order valence-corrected chi connectivity index (χ0v) is 11.7. The molecule has 0 amide bonds. The molecule has 3 N–H and O–H groups in total. The Morgan fingerprint density at radius 2 is 2.29 bits per heavy atom. The van der Waals surface area contributed by atoms with Crippen molar-refractivity contribution in [2.45, 2.75) is 0 Å². The molecule has 0 bridgehead atoms. The zero-order valence-electron chi connectivity index (χ0n) is 9.32. The van der Waals surface area contributed by atoms with Crippen LogP contribution in [0.25, 0.3) is 0 Å². The van der Waals surface area contributed by atoms with Crippen LogP contribution in [-0.4, -0.2) is 30.6 Å². The lowest BCUT2D eigenvalue weighted by Gasteiger charge is -2.06. The first-order valence-corrected chi connectivity index (χ1v) is 5.86. The molecule has 0 aliphatic carbocycles. The number of halogens is 1. The van der Waals surface area contributed by atoms with E-state index in [2.05, 4.69) is 31.8 Å². The fraction of sp³-hybridized carbons (Fsp3) is 0.200. The first-order chi connectivity index (χ1) is 8.08. The number of phenols is 1. The van der Waals surface area contributed by atoms with Gasteiger partial charge in [-0.1, -0.05) is 0 Å². The largest absolute Gasteiger partial charge is 0.503 e. The van der Waals surface area contributed by atoms with E-state index in [0.29, 0.717) is 15.3 Å². The standard InChI is InChI=1S/C10H12BrN3O2S/c1-12-10(17)14-13-5-6-3-7(11)9(15)8(4-6)16-2/h3-5,15H,1-2H3,(H2,12,14,17)/b13-5+. The topological polar surface area (TPSA) is 65.9 Å². The number of hydrazone groups is 1. The summed E-state index contributed by atoms with van der Waals surface area (Å²) in [6.07, 6.45) is 1.57. The maximum atomic E-state index is 9.61. The van der Waals surface area contributed by atoms with Crippen LogP contribution in [0, 0.1) is 0 Å². The average molecular weight is 318 g/mol. The van der Waals surface area contributed by atoms with Gasteiger partial charge in [0.25, 0.3) is 0 Å². The molecule has 1 aromatic carbocycles. The fourth-order valence-corrected chi connectivity index (χ4v) is 1.56. The number of nitrogens with one attached hydrogen (secondary N) is 2. The van der Waals surface area contributed by atoms with Crippen LogP contribution in [0.2, 0.25) is 0 Å². The molecule has 0 heterocycles. The Morgan fingerprint density at radius 1 is 1.59 bits per heavy atom. The van der Waals surface area contributed by atoms with Crippen LogP contribution in [0.5, 0.6) is 11.5 Å². The van der Waals surface area contributed by atoms with Gasteiger partial charge in [0.2, 0.25) is 0 Å². The summed E-state index contributed by atoms with van der Waals surface area (Å²) in [5.74, 6) is 0.431. The third-order valence-corrected chi connectivity index (χ3v) is 2.78. The van der Waals surface area contributed by atoms with Crippen molar-refractivity contribution in [3.63, 3.8) is 0 Å². The van der Waals surface area contributed by atoms with E-state index in [9.17, 15) is 5.11 Å². The molecular formula is C10H12BrN3O2S. The summed E-state index contributed by atoms with van der Waals surface area (Å²) >= 11 is 8.08. The van der Waals surface area contributed by atoms with Crippen LogP contribution in [0.3, 0.4) is 0 Å². The average Bonchev–Trinajstić information content (AvgIpc) is 2.33. The molecule has 17 heavy (non-hydrogen) atoms. The molecule has 0 unspecified atom stereocenters. The molecule has 0 aromatic heterocycles. The molecule has 0 atom stereocenters. The van der Waals surface area contributed by atoms with E-state index in [1.54, 1.807) is 25.4 Å². The van der Waals surface area contributed by atoms with Gasteiger partial charge in [-0.05, 0) is 45.8 Å². The van der Waals surface area contributed by atoms with E-state index < -0.39 is 0 Å². The van der Waals surface area contributed by atoms with Crippen LogP contribution < -0.4 is 15.5 Å². The minimum atomic E-state index is 0.0587. The summed E-state index contributed by atoms with van der Waals surface area (Å²) in [5, 5.41) is 16.7. The van der Waals surface area contributed by atoms with Gasteiger partial charge in [0.15, 0.2) is 16.6 Å². The molecule has 0 fully saturated rings. The van der Waals surface area contributed by atoms with E-state index in [1.165, 1.54) is 7.11 Å². The molecule has 7 heteroatoms. The number of thiocarbonyl (C=S) groups is 1. The predicted molar refractivity (Wildman–Crippen MR) is 74.7 cm³/mol. The van der Waals surface area contributed by atoms with Gasteiger partial charge in [0, 0.05) is 7.05 Å². The summed E-state index contributed by atoms with van der Waals surface area (Å²) in [7, 11) is 3.18. The lowest BCUT2D eigenvalue weighted by Crippen LogP contribution is -2.28. The molecule has 1 rings (SSSR count). The van der Waals surface area contributed by atoms with Gasteiger partial charge in [-0.3, -0.25) is 5.43 Å². The van der Waals surface area contributed by atoms with E-state index in [4.69, 9.17) is 17.0 Å². The van der Waals surface area contributed by atoms with E-state index >= 15 is 0 Å². The lowest BCUT2D eigenvalue weighted by atomic mass is 10.2. The van der Waals surface area contributed by atoms with Crippen LogP contribution in [0.1, 0.15) is 5.56 Å². The predicted octanol–water partition coefficient (Wildman–Crippen LogP) is 1.59. The number of rotatable bonds is 3. The minimum Gasteiger partial charge on any atom is -0.503 e. The highest BCUT2D eigenvalue weighted by molar-refractivity contribution is 9.10. The van der Waals surface area contributed by atoms with Gasteiger partial charge >= 0.3 is 0 Å². The van der Waals surface area contributed by atoms with E-state index in [0.717, 1.165) is 5.56 Å². The van der Waals surface area contributed by atoms with Crippen molar-refractivity contribution >= 4 is 39.5 Å². The Bertz CT molecular complexity index is 451. The second kappa shape index (κ2) is 6.41. The van der Waals surface area contributed by atoms with Crippen molar-refractivity contribution in [1.82, 2.24) is 10.7 Å². The number of hydrogen-bond acceptors (Lipinski definition) is 4. The van der Waals surface area contributed by atoms with Gasteiger partial charge in [-0.2, -0.15) is 5.10 Å². The van der Waals surface area contributed by atoms with Crippen molar-refractivity contribution in [3.05, 3.63) is 22.2 Å². The Balaban J connectivity index is 2.85. The monoisotopic (exact) mass is 317 g/mol. The van der Waals surface area contributed by atoms with Crippen molar-refractivity contribution in [2.24, 2.45) is 5.10 Å². The smallest absolute Gasteiger partial charge is 0.186 e. The van der Waals surface area contributed by atoms with Gasteiger partial charge in [-0.15, -0.1) is 0 Å². The highest BCUT2D eigenvalue weighted by Gasteiger charge is 2.07. The molecule has 0 saturated heterocycles. The Labute approximate surface area is 113 Å². The molecule has 0 saturated carbocycles. The molecule has 0 radical (unpaired) electrons. The van der Waals surface area contributed by atoms with E-state index in [1.807, 2.05) is 0 Å². The highest BCUT2D eigenvalue weighted by atomic mass is 79.9. The molecule has 1 aromatic rings. The lowest BCUT2D eigenvalue weighted by molar-refractivity contribution is 0.372. The first kappa shape index (κ1) is 13.7. The van der Waals surface area contributed by atoms with Gasteiger partial charge in [-0.25, -0.2) is 0 Å². The van der Waals surface area contributed by atoms with E-state index in [-0.39, 0.29) is 5.75 Å². The molecule has 92 valence electrons. The van der Waals surface area contributed by atoms with Gasteiger partial charge in [0.05, 0.1) is 17.8 Å². The number of benzene rings is 1. The molecule has 0 spiro atoms. The summed E-state index contributed by atoms with van der Waals surface area (Å²) < 4.78 is 5.55. The highest BCUT2D eigenvalue weighted by Crippen LogP contribution is 2.34. The normalized spacial score (nSPS) is 10.3. The van der Waals surface area contributed by atoms with Crippen LogP contribution >= 0.6 is 28.1 Å². The fourth-order valence-electron chi connectivity index (χ4n) is 1.05. The SMILES string of the molecule is CNC(=S)N/N=C/c1cc(Br)c(O)c(OC)c1. The van der Waals surface area contributed by atoms with Crippen molar-refractivity contribution in [1.29, 1.82) is 0 Å². The number of hydrogen-bond donors (Lipinski definition) is 3. The van der Waals surface area contributed by atoms with Crippen molar-refractivity contribution in [2.75, 3.05) is 14.2 Å². The Kier molecular flexibility index (Phi) is 5.17. The maximum Gasteiger partial charge on any atom is 0.186 e. The second-order valence-electron chi connectivity index (χ2n) is 3.00. The van der Waals surface area contributed by atoms with Crippen molar-refractivity contribution < 1.29 is 9.84 Å². The number of methoxy groups -OCH3 is 1. The summed E-state index contributed by atoms with van der Waals surface area (Å²) in [4.78, 5) is 0. The Hall–Kier alpha value is -1.34. The maximum absolute atomic E-state index is 9.61. The molecule has 0 aliphatic rings. The van der Waals surface area contributed by atoms with Crippen LogP contribution in [0.15, 0.2) is 21.7 Å². The molecule has 5 nitrogen and oxygen atoms in total. The summed E-state index contributed by atoms with van der Waals surface area (Å²) in [6.45, 7) is 0. The second-order valence-corrected chi connectivity index (χ2v) is 4.27. The third kappa shape index (κ3) is 3.86. The molecular weight excluding hydrogens is 306 g/mol. The first-order valence-electron chi connectivity index (χ1n) is 4.65. The molecule has 0 aliphatic heterocycles. The zero-order chi connectivity index (χ0) is 12.8. The summed E-state index contributed by atoms with van der Waals surface area (Å²) in [6, 6.07) is 3.37. The van der Waals surface area contributed by atoms with Crippen molar-refractivity contribution in [3.8, 4) is 11.5 Å².